The third kappa shape index (κ3) is 1.64. The molecule has 1 aromatic heterocycles. The lowest BCUT2D eigenvalue weighted by Crippen LogP contribution is -2.22. The lowest BCUT2D eigenvalue weighted by Gasteiger charge is -1.94. The number of nitrogens with one attached hydrogen (secondary N) is 2. The zero-order valence-electron chi connectivity index (χ0n) is 5.29. The van der Waals surface area contributed by atoms with Gasteiger partial charge in [-0.25, -0.2) is 5.10 Å². The van der Waals surface area contributed by atoms with E-state index < -0.39 is 0 Å². The molecular formula is C5H8N4O. The summed E-state index contributed by atoms with van der Waals surface area (Å²) in [6.45, 7) is 0.455. The van der Waals surface area contributed by atoms with E-state index in [1.807, 2.05) is 0 Å². The predicted octanol–water partition coefficient (Wildman–Crippen LogP) is -1.27. The van der Waals surface area contributed by atoms with Gasteiger partial charge in [-0.3, -0.25) is 16.1 Å². The first-order valence-corrected chi connectivity index (χ1v) is 2.81. The van der Waals surface area contributed by atoms with E-state index in [-0.39, 0.29) is 5.56 Å². The molecule has 0 aliphatic heterocycles. The van der Waals surface area contributed by atoms with E-state index in [1.54, 1.807) is 6.07 Å². The van der Waals surface area contributed by atoms with Crippen molar-refractivity contribution in [2.75, 3.05) is 0 Å². The van der Waals surface area contributed by atoms with Gasteiger partial charge >= 0.3 is 0 Å². The molecule has 5 heteroatoms. The number of nitrogens with two attached hydrogens (primary N) is 1. The normalized spacial score (nSPS) is 9.70. The van der Waals surface area contributed by atoms with E-state index in [0.29, 0.717) is 12.2 Å². The van der Waals surface area contributed by atoms with Gasteiger partial charge in [0.15, 0.2) is 0 Å². The van der Waals surface area contributed by atoms with Crippen molar-refractivity contribution in [3.63, 3.8) is 0 Å². The molecule has 0 spiro atoms. The van der Waals surface area contributed by atoms with Crippen LogP contribution in [0.4, 0.5) is 0 Å². The summed E-state index contributed by atoms with van der Waals surface area (Å²) in [5.74, 6) is 5.02. The highest BCUT2D eigenvalue weighted by Crippen LogP contribution is 1.83. The Morgan fingerprint density at radius 3 is 3.00 bits per heavy atom. The lowest BCUT2D eigenvalue weighted by molar-refractivity contribution is 0.706. The van der Waals surface area contributed by atoms with Crippen molar-refractivity contribution in [2.45, 2.75) is 6.54 Å². The van der Waals surface area contributed by atoms with Crippen LogP contribution in [0, 0.1) is 0 Å². The second-order valence-electron chi connectivity index (χ2n) is 1.79. The van der Waals surface area contributed by atoms with E-state index in [9.17, 15) is 4.79 Å². The van der Waals surface area contributed by atoms with Crippen molar-refractivity contribution < 1.29 is 0 Å². The van der Waals surface area contributed by atoms with Gasteiger partial charge in [-0.2, -0.15) is 5.10 Å². The highest BCUT2D eigenvalue weighted by molar-refractivity contribution is 4.98. The maximum absolute atomic E-state index is 10.5. The molecule has 54 valence electrons. The minimum atomic E-state index is -0.208. The van der Waals surface area contributed by atoms with Gasteiger partial charge in [-0.1, -0.05) is 0 Å². The maximum atomic E-state index is 10.5. The zero-order chi connectivity index (χ0) is 7.40. The maximum Gasteiger partial charge on any atom is 0.264 e. The Hall–Kier alpha value is -1.20. The molecule has 0 aromatic carbocycles. The number of rotatable bonds is 2. The fourth-order valence-corrected chi connectivity index (χ4v) is 0.576. The summed E-state index contributed by atoms with van der Waals surface area (Å²) >= 11 is 0. The van der Waals surface area contributed by atoms with Crippen molar-refractivity contribution in [2.24, 2.45) is 5.84 Å². The molecule has 0 amide bonds. The Morgan fingerprint density at radius 2 is 2.50 bits per heavy atom. The Balaban J connectivity index is 2.79. The van der Waals surface area contributed by atoms with Crippen LogP contribution in [0.3, 0.4) is 0 Å². The summed E-state index contributed by atoms with van der Waals surface area (Å²) in [6.07, 6.45) is 0. The Labute approximate surface area is 57.2 Å². The van der Waals surface area contributed by atoms with Gasteiger partial charge in [-0.05, 0) is 6.07 Å². The molecule has 0 bridgehead atoms. The largest absolute Gasteiger partial charge is 0.271 e. The minimum Gasteiger partial charge on any atom is -0.271 e. The van der Waals surface area contributed by atoms with E-state index in [2.05, 4.69) is 15.6 Å². The Morgan fingerprint density at radius 1 is 1.70 bits per heavy atom. The molecule has 0 aliphatic rings. The highest BCUT2D eigenvalue weighted by Gasteiger charge is 1.89. The Bertz CT molecular complexity index is 236. The van der Waals surface area contributed by atoms with Crippen molar-refractivity contribution >= 4 is 0 Å². The van der Waals surface area contributed by atoms with Crippen LogP contribution in [0.15, 0.2) is 16.9 Å². The van der Waals surface area contributed by atoms with Crippen LogP contribution in [0.1, 0.15) is 5.69 Å². The van der Waals surface area contributed by atoms with Crippen LogP contribution < -0.4 is 16.8 Å². The van der Waals surface area contributed by atoms with Gasteiger partial charge in [0, 0.05) is 6.07 Å². The fraction of sp³-hybridized carbons (Fsp3) is 0.200. The molecular weight excluding hydrogens is 132 g/mol. The summed E-state index contributed by atoms with van der Waals surface area (Å²) < 4.78 is 0. The summed E-state index contributed by atoms with van der Waals surface area (Å²) in [5, 5.41) is 5.97. The molecule has 1 aromatic rings. The lowest BCUT2D eigenvalue weighted by atomic mass is 10.4. The smallest absolute Gasteiger partial charge is 0.264 e. The minimum absolute atomic E-state index is 0.208. The van der Waals surface area contributed by atoms with Crippen molar-refractivity contribution in [3.05, 3.63) is 28.2 Å². The molecule has 0 radical (unpaired) electrons. The summed E-state index contributed by atoms with van der Waals surface area (Å²) in [4.78, 5) is 10.5. The second kappa shape index (κ2) is 3.09. The van der Waals surface area contributed by atoms with E-state index >= 15 is 0 Å². The topological polar surface area (TPSA) is 83.8 Å². The van der Waals surface area contributed by atoms with Crippen LogP contribution in [0.5, 0.6) is 0 Å². The molecule has 0 atom stereocenters. The average molecular weight is 140 g/mol. The monoisotopic (exact) mass is 140 g/mol. The van der Waals surface area contributed by atoms with Gasteiger partial charge in [0.05, 0.1) is 12.2 Å². The molecule has 10 heavy (non-hydrogen) atoms. The molecule has 5 nitrogen and oxygen atoms in total. The summed E-state index contributed by atoms with van der Waals surface area (Å²) in [7, 11) is 0. The number of nitrogens with zero attached hydrogens (tertiary/aromatic N) is 1. The van der Waals surface area contributed by atoms with Gasteiger partial charge in [-0.15, -0.1) is 0 Å². The van der Waals surface area contributed by atoms with E-state index in [1.165, 1.54) is 6.07 Å². The third-order valence-electron chi connectivity index (χ3n) is 1.02. The van der Waals surface area contributed by atoms with Crippen molar-refractivity contribution in [3.8, 4) is 0 Å². The first kappa shape index (κ1) is 6.91. The van der Waals surface area contributed by atoms with Crippen LogP contribution in [0.2, 0.25) is 0 Å². The molecule has 4 N–H and O–H groups in total. The quantitative estimate of drug-likeness (QED) is 0.353. The molecule has 0 unspecified atom stereocenters. The van der Waals surface area contributed by atoms with Crippen molar-refractivity contribution in [1.29, 1.82) is 0 Å². The van der Waals surface area contributed by atoms with E-state index in [4.69, 9.17) is 5.84 Å². The fourth-order valence-electron chi connectivity index (χ4n) is 0.576. The van der Waals surface area contributed by atoms with Gasteiger partial charge in [0.1, 0.15) is 0 Å². The van der Waals surface area contributed by atoms with E-state index in [0.717, 1.165) is 0 Å². The first-order valence-electron chi connectivity index (χ1n) is 2.81. The number of aromatic nitrogens is 2. The van der Waals surface area contributed by atoms with Gasteiger partial charge in [0.2, 0.25) is 0 Å². The average Bonchev–Trinajstić information content (AvgIpc) is 1.95. The number of H-pyrrole nitrogens is 1. The third-order valence-corrected chi connectivity index (χ3v) is 1.02. The van der Waals surface area contributed by atoms with Crippen LogP contribution in [-0.4, -0.2) is 10.2 Å². The summed E-state index contributed by atoms with van der Waals surface area (Å²) in [5.41, 5.74) is 2.92. The van der Waals surface area contributed by atoms with Gasteiger partial charge < -0.3 is 0 Å². The standard InChI is InChI=1S/C5H8N4O/c6-7-3-4-1-2-5(10)9-8-4/h1-2,7H,3,6H2,(H,9,10). The SMILES string of the molecule is NNCc1ccc(=O)[nH]n1. The highest BCUT2D eigenvalue weighted by atomic mass is 16.1. The summed E-state index contributed by atoms with van der Waals surface area (Å²) in [6, 6.07) is 3.01. The molecule has 0 saturated heterocycles. The molecule has 1 rings (SSSR count). The second-order valence-corrected chi connectivity index (χ2v) is 1.79. The number of aromatic amines is 1. The Kier molecular flexibility index (Phi) is 2.14. The molecule has 1 heterocycles. The van der Waals surface area contributed by atoms with Crippen molar-refractivity contribution in [1.82, 2.24) is 15.6 Å². The number of hydrogen-bond donors (Lipinski definition) is 3. The molecule has 0 saturated carbocycles. The number of hydrazine groups is 1. The van der Waals surface area contributed by atoms with Crippen LogP contribution >= 0.6 is 0 Å². The predicted molar refractivity (Wildman–Crippen MR) is 35.9 cm³/mol. The van der Waals surface area contributed by atoms with Crippen LogP contribution in [-0.2, 0) is 6.54 Å². The molecule has 0 aliphatic carbocycles. The first-order chi connectivity index (χ1) is 4.83. The van der Waals surface area contributed by atoms with Gasteiger partial charge in [0.25, 0.3) is 5.56 Å². The zero-order valence-corrected chi connectivity index (χ0v) is 5.29. The van der Waals surface area contributed by atoms with Crippen LogP contribution in [0.25, 0.3) is 0 Å². The molecule has 0 fully saturated rings. The number of hydrogen-bond acceptors (Lipinski definition) is 4.